The lowest BCUT2D eigenvalue weighted by Crippen LogP contribution is -2.18. The average molecular weight is 431 g/mol. The summed E-state index contributed by atoms with van der Waals surface area (Å²) >= 11 is 0. The van der Waals surface area contributed by atoms with Crippen LogP contribution >= 0.6 is 0 Å². The standard InChI is InChI=1S/C19H16F3N7O2/c1-23-9-12-7-17(25-10-24-12)31-13-2-3-14-11(6-13)4-5-29(14)18(30)26-16-8-15(27-28-16)19(20,21)22/h2-8,10,23H,9H2,1H3,(H2,26,27,28,30). The zero-order valence-electron chi connectivity index (χ0n) is 16.1. The molecule has 0 atom stereocenters. The van der Waals surface area contributed by atoms with E-state index in [1.165, 1.54) is 17.1 Å². The van der Waals surface area contributed by atoms with E-state index < -0.39 is 17.9 Å². The van der Waals surface area contributed by atoms with Crippen LogP contribution in [0.1, 0.15) is 11.4 Å². The summed E-state index contributed by atoms with van der Waals surface area (Å²) in [4.78, 5) is 20.7. The Bertz CT molecular complexity index is 1230. The molecule has 0 unspecified atom stereocenters. The van der Waals surface area contributed by atoms with Crippen LogP contribution in [0.5, 0.6) is 11.6 Å². The SMILES string of the molecule is CNCc1cc(Oc2ccc3c(ccn3C(=O)Nc3cc(C(F)(F)F)[nH]n3)c2)ncn1. The molecule has 3 aromatic heterocycles. The molecule has 3 N–H and O–H groups in total. The Kier molecular flexibility index (Phi) is 5.29. The first-order chi connectivity index (χ1) is 14.8. The molecule has 160 valence electrons. The lowest BCUT2D eigenvalue weighted by Gasteiger charge is -2.08. The van der Waals surface area contributed by atoms with E-state index in [0.29, 0.717) is 29.1 Å². The molecule has 0 radical (unpaired) electrons. The molecule has 0 aliphatic heterocycles. The van der Waals surface area contributed by atoms with Crippen LogP contribution in [-0.4, -0.2) is 37.8 Å². The number of aromatic amines is 1. The van der Waals surface area contributed by atoms with Crippen molar-refractivity contribution in [3.05, 3.63) is 60.3 Å². The number of nitrogens with one attached hydrogen (secondary N) is 3. The fourth-order valence-electron chi connectivity index (χ4n) is 2.89. The number of carbonyl (C=O) groups is 1. The number of nitrogens with zero attached hydrogens (tertiary/aromatic N) is 4. The highest BCUT2D eigenvalue weighted by atomic mass is 19.4. The van der Waals surface area contributed by atoms with Crippen LogP contribution in [0.3, 0.4) is 0 Å². The van der Waals surface area contributed by atoms with Gasteiger partial charge in [0, 0.05) is 30.3 Å². The molecule has 0 fully saturated rings. The van der Waals surface area contributed by atoms with Crippen molar-refractivity contribution < 1.29 is 22.7 Å². The number of rotatable bonds is 5. The Labute approximate surface area is 173 Å². The molecule has 0 spiro atoms. The van der Waals surface area contributed by atoms with Crippen LogP contribution in [0.4, 0.5) is 23.8 Å². The zero-order chi connectivity index (χ0) is 22.0. The van der Waals surface area contributed by atoms with E-state index in [-0.39, 0.29) is 5.82 Å². The minimum Gasteiger partial charge on any atom is -0.439 e. The summed E-state index contributed by atoms with van der Waals surface area (Å²) < 4.78 is 45.0. The molecule has 31 heavy (non-hydrogen) atoms. The van der Waals surface area contributed by atoms with Crippen LogP contribution in [0, 0.1) is 0 Å². The molecule has 0 bridgehead atoms. The molecule has 1 amide bonds. The van der Waals surface area contributed by atoms with Crippen molar-refractivity contribution in [2.75, 3.05) is 12.4 Å². The van der Waals surface area contributed by atoms with E-state index in [4.69, 9.17) is 4.74 Å². The van der Waals surface area contributed by atoms with Crippen molar-refractivity contribution in [1.82, 2.24) is 30.0 Å². The number of amides is 1. The highest BCUT2D eigenvalue weighted by Crippen LogP contribution is 2.29. The number of hydrogen-bond donors (Lipinski definition) is 3. The summed E-state index contributed by atoms with van der Waals surface area (Å²) in [5, 5.41) is 11.3. The van der Waals surface area contributed by atoms with Gasteiger partial charge in [0.15, 0.2) is 5.82 Å². The summed E-state index contributed by atoms with van der Waals surface area (Å²) in [5.74, 6) is 0.637. The molecule has 3 heterocycles. The van der Waals surface area contributed by atoms with E-state index in [0.717, 1.165) is 11.8 Å². The lowest BCUT2D eigenvalue weighted by molar-refractivity contribution is -0.141. The van der Waals surface area contributed by atoms with Crippen LogP contribution in [0.2, 0.25) is 0 Å². The topological polar surface area (TPSA) is 110 Å². The highest BCUT2D eigenvalue weighted by Gasteiger charge is 2.33. The molecular weight excluding hydrogens is 415 g/mol. The van der Waals surface area contributed by atoms with Crippen LogP contribution in [-0.2, 0) is 12.7 Å². The third kappa shape index (κ3) is 4.48. The van der Waals surface area contributed by atoms with Crippen LogP contribution < -0.4 is 15.4 Å². The predicted octanol–water partition coefficient (Wildman–Crippen LogP) is 3.77. The first kappa shape index (κ1) is 20.3. The summed E-state index contributed by atoms with van der Waals surface area (Å²) in [6.07, 6.45) is -1.68. The third-order valence-corrected chi connectivity index (χ3v) is 4.28. The average Bonchev–Trinajstić information content (AvgIpc) is 3.35. The van der Waals surface area contributed by atoms with Gasteiger partial charge in [0.05, 0.1) is 11.2 Å². The third-order valence-electron chi connectivity index (χ3n) is 4.28. The molecule has 1 aromatic carbocycles. The maximum Gasteiger partial charge on any atom is 0.432 e. The van der Waals surface area contributed by atoms with Gasteiger partial charge in [-0.05, 0) is 31.3 Å². The second-order valence-corrected chi connectivity index (χ2v) is 6.48. The van der Waals surface area contributed by atoms with Crippen molar-refractivity contribution >= 4 is 22.8 Å². The number of aromatic nitrogens is 5. The number of carbonyl (C=O) groups excluding carboxylic acids is 1. The number of anilines is 1. The van der Waals surface area contributed by atoms with Gasteiger partial charge in [-0.15, -0.1) is 0 Å². The summed E-state index contributed by atoms with van der Waals surface area (Å²) in [6.45, 7) is 0.566. The Morgan fingerprint density at radius 2 is 2.03 bits per heavy atom. The van der Waals surface area contributed by atoms with Crippen molar-refractivity contribution in [3.8, 4) is 11.6 Å². The first-order valence-electron chi connectivity index (χ1n) is 9.02. The first-order valence-corrected chi connectivity index (χ1v) is 9.02. The molecule has 0 saturated carbocycles. The van der Waals surface area contributed by atoms with E-state index in [1.807, 2.05) is 5.10 Å². The normalized spacial score (nSPS) is 11.6. The van der Waals surface area contributed by atoms with Crippen molar-refractivity contribution in [1.29, 1.82) is 0 Å². The number of benzene rings is 1. The molecule has 0 aliphatic carbocycles. The number of halogens is 3. The maximum atomic E-state index is 12.7. The maximum absolute atomic E-state index is 12.7. The number of H-pyrrole nitrogens is 1. The Morgan fingerprint density at radius 1 is 1.19 bits per heavy atom. The Hall–Kier alpha value is -3.93. The van der Waals surface area contributed by atoms with Gasteiger partial charge in [0.1, 0.15) is 17.8 Å². The van der Waals surface area contributed by atoms with Gasteiger partial charge in [-0.25, -0.2) is 14.8 Å². The van der Waals surface area contributed by atoms with Crippen LogP contribution in [0.15, 0.2) is 48.9 Å². The van der Waals surface area contributed by atoms with Gasteiger partial charge >= 0.3 is 12.2 Å². The van der Waals surface area contributed by atoms with Gasteiger partial charge in [-0.1, -0.05) is 0 Å². The molecule has 12 heteroatoms. The molecule has 0 aliphatic rings. The van der Waals surface area contributed by atoms with Gasteiger partial charge in [-0.3, -0.25) is 15.0 Å². The van der Waals surface area contributed by atoms with Gasteiger partial charge in [-0.2, -0.15) is 18.3 Å². The second kappa shape index (κ2) is 8.07. The zero-order valence-corrected chi connectivity index (χ0v) is 16.1. The number of fused-ring (bicyclic) bond motifs is 1. The monoisotopic (exact) mass is 431 g/mol. The van der Waals surface area contributed by atoms with Crippen molar-refractivity contribution in [2.45, 2.75) is 12.7 Å². The smallest absolute Gasteiger partial charge is 0.432 e. The number of ether oxygens (including phenoxy) is 1. The van der Waals surface area contributed by atoms with Gasteiger partial charge < -0.3 is 10.1 Å². The number of hydrogen-bond acceptors (Lipinski definition) is 6. The predicted molar refractivity (Wildman–Crippen MR) is 105 cm³/mol. The van der Waals surface area contributed by atoms with Crippen LogP contribution in [0.25, 0.3) is 10.9 Å². The lowest BCUT2D eigenvalue weighted by atomic mass is 10.2. The second-order valence-electron chi connectivity index (χ2n) is 6.48. The minimum atomic E-state index is -4.58. The van der Waals surface area contributed by atoms with E-state index in [9.17, 15) is 18.0 Å². The fraction of sp³-hybridized carbons (Fsp3) is 0.158. The summed E-state index contributed by atoms with van der Waals surface area (Å²) in [7, 11) is 1.80. The fourth-order valence-corrected chi connectivity index (χ4v) is 2.89. The van der Waals surface area contributed by atoms with Gasteiger partial charge in [0.25, 0.3) is 0 Å². The molecular formula is C19H16F3N7O2. The van der Waals surface area contributed by atoms with E-state index in [1.54, 1.807) is 37.4 Å². The molecule has 9 nitrogen and oxygen atoms in total. The quantitative estimate of drug-likeness (QED) is 0.444. The molecule has 4 rings (SSSR count). The Morgan fingerprint density at radius 3 is 2.77 bits per heavy atom. The highest BCUT2D eigenvalue weighted by molar-refractivity contribution is 5.98. The van der Waals surface area contributed by atoms with E-state index >= 15 is 0 Å². The van der Waals surface area contributed by atoms with Crippen molar-refractivity contribution in [2.24, 2.45) is 0 Å². The minimum absolute atomic E-state index is 0.236. The number of alkyl halides is 3. The molecule has 4 aromatic rings. The van der Waals surface area contributed by atoms with E-state index in [2.05, 4.69) is 25.7 Å². The Balaban J connectivity index is 1.51. The molecule has 0 saturated heterocycles. The van der Waals surface area contributed by atoms with Crippen molar-refractivity contribution in [3.63, 3.8) is 0 Å². The van der Waals surface area contributed by atoms with Gasteiger partial charge in [0.2, 0.25) is 5.88 Å². The summed E-state index contributed by atoms with van der Waals surface area (Å²) in [6, 6.07) is 8.48. The summed E-state index contributed by atoms with van der Waals surface area (Å²) in [5.41, 5.74) is 0.253. The largest absolute Gasteiger partial charge is 0.439 e.